The lowest BCUT2D eigenvalue weighted by Crippen LogP contribution is -2.27. The Morgan fingerprint density at radius 3 is 2.39 bits per heavy atom. The van der Waals surface area contributed by atoms with E-state index in [4.69, 9.17) is 10.5 Å². The van der Waals surface area contributed by atoms with Gasteiger partial charge in [0.1, 0.15) is 22.9 Å². The molecule has 2 heterocycles. The molecule has 8 heteroatoms. The van der Waals surface area contributed by atoms with Gasteiger partial charge >= 0.3 is 0 Å². The summed E-state index contributed by atoms with van der Waals surface area (Å²) in [7, 11) is 0. The third-order valence-electron chi connectivity index (χ3n) is 4.33. The largest absolute Gasteiger partial charge is 0.457 e. The molecular weight excluding hydrogens is 416 g/mol. The van der Waals surface area contributed by atoms with Crippen LogP contribution in [-0.4, -0.2) is 15.5 Å². The average Bonchev–Trinajstić information content (AvgIpc) is 2.76. The van der Waals surface area contributed by atoms with Crippen LogP contribution in [0.25, 0.3) is 5.69 Å². The standard InChI is InChI=1S/C23H18N4O3.ClH/c24-21-15-19(12-13-25-21)30-18-10-8-16(9-11-18)26-22(28)20-7-4-14-27(23(20)29)17-5-2-1-3-6-17;/h1-15H,(H2,24,25)(H,26,28);1H. The van der Waals surface area contributed by atoms with E-state index < -0.39 is 11.5 Å². The predicted molar refractivity (Wildman–Crippen MR) is 122 cm³/mol. The number of benzene rings is 2. The number of carbonyl (C=O) groups is 1. The van der Waals surface area contributed by atoms with Gasteiger partial charge in [0.05, 0.1) is 0 Å². The van der Waals surface area contributed by atoms with Crippen LogP contribution in [0.3, 0.4) is 0 Å². The van der Waals surface area contributed by atoms with Gasteiger partial charge in [-0.05, 0) is 54.6 Å². The van der Waals surface area contributed by atoms with E-state index in [-0.39, 0.29) is 18.0 Å². The van der Waals surface area contributed by atoms with Crippen LogP contribution in [0.5, 0.6) is 11.5 Å². The normalized spacial score (nSPS) is 10.1. The first-order valence-electron chi connectivity index (χ1n) is 9.18. The molecule has 0 unspecified atom stereocenters. The van der Waals surface area contributed by atoms with Crippen LogP contribution in [0.4, 0.5) is 11.5 Å². The molecule has 0 aliphatic carbocycles. The molecule has 0 spiro atoms. The maximum atomic E-state index is 12.8. The summed E-state index contributed by atoms with van der Waals surface area (Å²) in [5.41, 5.74) is 6.53. The number of nitrogen functional groups attached to an aromatic ring is 1. The van der Waals surface area contributed by atoms with Crippen molar-refractivity contribution in [1.82, 2.24) is 9.55 Å². The highest BCUT2D eigenvalue weighted by Gasteiger charge is 2.13. The second-order valence-corrected chi connectivity index (χ2v) is 6.43. The van der Waals surface area contributed by atoms with Crippen molar-refractivity contribution in [1.29, 1.82) is 0 Å². The number of para-hydroxylation sites is 1. The zero-order valence-corrected chi connectivity index (χ0v) is 17.1. The summed E-state index contributed by atoms with van der Waals surface area (Å²) < 4.78 is 7.14. The van der Waals surface area contributed by atoms with Gasteiger partial charge < -0.3 is 15.8 Å². The van der Waals surface area contributed by atoms with Crippen molar-refractivity contribution in [3.63, 3.8) is 0 Å². The maximum Gasteiger partial charge on any atom is 0.267 e. The number of rotatable bonds is 5. The zero-order valence-electron chi connectivity index (χ0n) is 16.3. The van der Waals surface area contributed by atoms with Gasteiger partial charge in [-0.15, -0.1) is 12.4 Å². The Hall–Kier alpha value is -4.10. The smallest absolute Gasteiger partial charge is 0.267 e. The Kier molecular flexibility index (Phi) is 6.69. The summed E-state index contributed by atoms with van der Waals surface area (Å²) >= 11 is 0. The molecule has 0 radical (unpaired) electrons. The number of carbonyl (C=O) groups excluding carboxylic acids is 1. The van der Waals surface area contributed by atoms with Crippen molar-refractivity contribution in [2.24, 2.45) is 0 Å². The van der Waals surface area contributed by atoms with Crippen LogP contribution in [0.15, 0.2) is 96.1 Å². The Labute approximate surface area is 184 Å². The SMILES string of the molecule is Cl.Nc1cc(Oc2ccc(NC(=O)c3cccn(-c4ccccc4)c3=O)cc2)ccn1. The van der Waals surface area contributed by atoms with Crippen molar-refractivity contribution in [2.45, 2.75) is 0 Å². The number of aromatic nitrogens is 2. The van der Waals surface area contributed by atoms with Gasteiger partial charge in [-0.2, -0.15) is 0 Å². The Morgan fingerprint density at radius 2 is 1.68 bits per heavy atom. The molecule has 2 aromatic carbocycles. The number of halogens is 1. The molecule has 0 atom stereocenters. The molecule has 0 saturated heterocycles. The van der Waals surface area contributed by atoms with E-state index in [9.17, 15) is 9.59 Å². The second kappa shape index (κ2) is 9.60. The summed E-state index contributed by atoms with van der Waals surface area (Å²) in [5, 5.41) is 2.74. The number of nitrogens with two attached hydrogens (primary N) is 1. The monoisotopic (exact) mass is 434 g/mol. The highest BCUT2D eigenvalue weighted by atomic mass is 35.5. The number of nitrogens with one attached hydrogen (secondary N) is 1. The first kappa shape index (κ1) is 21.6. The fourth-order valence-corrected chi connectivity index (χ4v) is 2.89. The number of hydrogen-bond acceptors (Lipinski definition) is 5. The minimum absolute atomic E-state index is 0. The number of nitrogens with zero attached hydrogens (tertiary/aromatic N) is 2. The third kappa shape index (κ3) is 5.09. The second-order valence-electron chi connectivity index (χ2n) is 6.43. The van der Waals surface area contributed by atoms with Crippen molar-refractivity contribution in [2.75, 3.05) is 11.1 Å². The molecule has 7 nitrogen and oxygen atoms in total. The average molecular weight is 435 g/mol. The van der Waals surface area contributed by atoms with E-state index in [0.717, 1.165) is 0 Å². The maximum absolute atomic E-state index is 12.8. The fraction of sp³-hybridized carbons (Fsp3) is 0. The number of hydrogen-bond donors (Lipinski definition) is 2. The molecule has 156 valence electrons. The van der Waals surface area contributed by atoms with Crippen LogP contribution in [0, 0.1) is 0 Å². The summed E-state index contributed by atoms with van der Waals surface area (Å²) in [5.74, 6) is 1.01. The van der Waals surface area contributed by atoms with Gasteiger partial charge in [-0.3, -0.25) is 14.2 Å². The summed E-state index contributed by atoms with van der Waals surface area (Å²) in [6, 6.07) is 22.4. The van der Waals surface area contributed by atoms with Crippen molar-refractivity contribution < 1.29 is 9.53 Å². The number of amides is 1. The van der Waals surface area contributed by atoms with Gasteiger partial charge in [0, 0.05) is 29.8 Å². The van der Waals surface area contributed by atoms with Crippen molar-refractivity contribution in [3.05, 3.63) is 107 Å². The van der Waals surface area contributed by atoms with E-state index in [0.29, 0.717) is 28.7 Å². The van der Waals surface area contributed by atoms with E-state index in [2.05, 4.69) is 10.3 Å². The lowest BCUT2D eigenvalue weighted by molar-refractivity contribution is 0.102. The summed E-state index contributed by atoms with van der Waals surface area (Å²) in [6.45, 7) is 0. The molecule has 1 amide bonds. The van der Waals surface area contributed by atoms with Gasteiger partial charge in [0.25, 0.3) is 11.5 Å². The molecule has 0 bridgehead atoms. The van der Waals surface area contributed by atoms with E-state index in [1.54, 1.807) is 67.0 Å². The number of anilines is 2. The molecule has 3 N–H and O–H groups in total. The Balaban J connectivity index is 0.00000272. The van der Waals surface area contributed by atoms with Crippen LogP contribution < -0.4 is 21.3 Å². The highest BCUT2D eigenvalue weighted by Crippen LogP contribution is 2.23. The molecule has 0 aliphatic heterocycles. The summed E-state index contributed by atoms with van der Waals surface area (Å²) in [6.07, 6.45) is 3.19. The highest BCUT2D eigenvalue weighted by molar-refractivity contribution is 6.04. The topological polar surface area (TPSA) is 99.2 Å². The molecule has 0 aliphatic rings. The quantitative estimate of drug-likeness (QED) is 0.488. The van der Waals surface area contributed by atoms with Crippen molar-refractivity contribution in [3.8, 4) is 17.2 Å². The van der Waals surface area contributed by atoms with Crippen LogP contribution in [0.1, 0.15) is 10.4 Å². The fourth-order valence-electron chi connectivity index (χ4n) is 2.89. The first-order valence-corrected chi connectivity index (χ1v) is 9.18. The zero-order chi connectivity index (χ0) is 20.9. The van der Waals surface area contributed by atoms with Gasteiger partial charge in [0.2, 0.25) is 0 Å². The van der Waals surface area contributed by atoms with Gasteiger partial charge in [-0.25, -0.2) is 4.98 Å². The molecule has 4 aromatic rings. The van der Waals surface area contributed by atoms with Crippen LogP contribution in [-0.2, 0) is 0 Å². The van der Waals surface area contributed by atoms with Gasteiger partial charge in [0.15, 0.2) is 0 Å². The van der Waals surface area contributed by atoms with Crippen LogP contribution >= 0.6 is 12.4 Å². The van der Waals surface area contributed by atoms with E-state index in [1.165, 1.54) is 10.6 Å². The molecule has 2 aromatic heterocycles. The summed E-state index contributed by atoms with van der Waals surface area (Å²) in [4.78, 5) is 29.3. The lowest BCUT2D eigenvalue weighted by atomic mass is 10.2. The Bertz CT molecular complexity index is 1240. The van der Waals surface area contributed by atoms with E-state index in [1.807, 2.05) is 18.2 Å². The van der Waals surface area contributed by atoms with Crippen LogP contribution in [0.2, 0.25) is 0 Å². The van der Waals surface area contributed by atoms with Crippen molar-refractivity contribution >= 4 is 29.8 Å². The van der Waals surface area contributed by atoms with E-state index >= 15 is 0 Å². The third-order valence-corrected chi connectivity index (χ3v) is 4.33. The molecular formula is C23H19ClN4O3. The molecule has 31 heavy (non-hydrogen) atoms. The minimum Gasteiger partial charge on any atom is -0.457 e. The number of ether oxygens (including phenoxy) is 1. The molecule has 0 fully saturated rings. The molecule has 4 rings (SSSR count). The minimum atomic E-state index is -0.485. The Morgan fingerprint density at radius 1 is 0.935 bits per heavy atom. The molecule has 0 saturated carbocycles. The first-order chi connectivity index (χ1) is 14.6. The van der Waals surface area contributed by atoms with Gasteiger partial charge in [-0.1, -0.05) is 18.2 Å². The lowest BCUT2D eigenvalue weighted by Gasteiger charge is -2.10. The number of pyridine rings is 2. The predicted octanol–water partition coefficient (Wildman–Crippen LogP) is 4.28.